The molecule has 1 amide bonds. The number of ether oxygens (including phenoxy) is 2. The highest BCUT2D eigenvalue weighted by molar-refractivity contribution is 6.19. The fraction of sp³-hybridized carbons (Fsp3) is 0.158. The summed E-state index contributed by atoms with van der Waals surface area (Å²) in [5.74, 6) is 1.01. The van der Waals surface area contributed by atoms with E-state index in [-0.39, 0.29) is 17.4 Å². The highest BCUT2D eigenvalue weighted by atomic mass is 19.1. The lowest BCUT2D eigenvalue weighted by molar-refractivity contribution is -0.115. The van der Waals surface area contributed by atoms with Gasteiger partial charge in [0.25, 0.3) is 5.91 Å². The van der Waals surface area contributed by atoms with E-state index in [1.165, 1.54) is 12.1 Å². The zero-order chi connectivity index (χ0) is 18.0. The van der Waals surface area contributed by atoms with Crippen LogP contribution in [0.5, 0.6) is 11.5 Å². The largest absolute Gasteiger partial charge is 0.496 e. The van der Waals surface area contributed by atoms with Gasteiger partial charge in [0.2, 0.25) is 0 Å². The molecule has 25 heavy (non-hydrogen) atoms. The Morgan fingerprint density at radius 2 is 1.76 bits per heavy atom. The highest BCUT2D eigenvalue weighted by Gasteiger charge is 2.22. The number of benzene rings is 2. The van der Waals surface area contributed by atoms with E-state index in [1.807, 2.05) is 13.0 Å². The first-order chi connectivity index (χ1) is 12.0. The van der Waals surface area contributed by atoms with Crippen molar-refractivity contribution in [1.29, 1.82) is 0 Å². The lowest BCUT2D eigenvalue weighted by atomic mass is 10.1. The quantitative estimate of drug-likeness (QED) is 0.870. The molecule has 3 rings (SSSR count). The van der Waals surface area contributed by atoms with E-state index in [0.29, 0.717) is 28.5 Å². The second kappa shape index (κ2) is 6.76. The Bertz CT molecular complexity index is 886. The van der Waals surface area contributed by atoms with Gasteiger partial charge in [-0.3, -0.25) is 4.79 Å². The van der Waals surface area contributed by atoms with Crippen molar-refractivity contribution < 1.29 is 18.7 Å². The lowest BCUT2D eigenvalue weighted by Gasteiger charge is -2.10. The second-order valence-corrected chi connectivity index (χ2v) is 5.51. The van der Waals surface area contributed by atoms with E-state index in [2.05, 4.69) is 10.3 Å². The minimum absolute atomic E-state index is 0.239. The summed E-state index contributed by atoms with van der Waals surface area (Å²) in [5, 5.41) is 2.69. The third kappa shape index (κ3) is 3.38. The number of amides is 1. The molecule has 0 unspecified atom stereocenters. The molecule has 2 aromatic carbocycles. The van der Waals surface area contributed by atoms with Crippen molar-refractivity contribution in [3.05, 3.63) is 64.6 Å². The Morgan fingerprint density at radius 3 is 2.40 bits per heavy atom. The Morgan fingerprint density at radius 1 is 1.08 bits per heavy atom. The number of halogens is 1. The molecule has 1 aliphatic rings. The molecular weight excluding hydrogens is 323 g/mol. The van der Waals surface area contributed by atoms with Crippen LogP contribution in [0.1, 0.15) is 16.7 Å². The maximum Gasteiger partial charge on any atom is 0.275 e. The van der Waals surface area contributed by atoms with Crippen LogP contribution in [-0.4, -0.2) is 26.0 Å². The summed E-state index contributed by atoms with van der Waals surface area (Å²) in [6, 6.07) is 9.39. The molecule has 1 N–H and O–H groups in total. The van der Waals surface area contributed by atoms with Crippen molar-refractivity contribution in [1.82, 2.24) is 5.32 Å². The third-order valence-corrected chi connectivity index (χ3v) is 3.85. The molecule has 5 nitrogen and oxygen atoms in total. The molecule has 128 valence electrons. The number of nitrogens with zero attached hydrogens (tertiary/aromatic N) is 1. The van der Waals surface area contributed by atoms with Crippen LogP contribution in [0.15, 0.2) is 47.1 Å². The third-order valence-electron chi connectivity index (χ3n) is 3.85. The number of carbonyl (C=O) groups excluding carboxylic acids is 1. The van der Waals surface area contributed by atoms with Crippen LogP contribution in [0, 0.1) is 12.7 Å². The maximum atomic E-state index is 13.0. The molecule has 6 heteroatoms. The Kier molecular flexibility index (Phi) is 4.52. The van der Waals surface area contributed by atoms with E-state index in [9.17, 15) is 9.18 Å². The minimum atomic E-state index is -0.346. The van der Waals surface area contributed by atoms with Crippen LogP contribution in [0.4, 0.5) is 4.39 Å². The van der Waals surface area contributed by atoms with Gasteiger partial charge in [0.05, 0.1) is 14.2 Å². The maximum absolute atomic E-state index is 13.0. The number of methoxy groups -OCH3 is 2. The molecule has 0 radical (unpaired) electrons. The summed E-state index contributed by atoms with van der Waals surface area (Å²) >= 11 is 0. The van der Waals surface area contributed by atoms with Gasteiger partial charge in [0.15, 0.2) is 0 Å². The number of aliphatic imine (C=N–C) groups is 1. The molecule has 1 aliphatic heterocycles. The highest BCUT2D eigenvalue weighted by Crippen LogP contribution is 2.30. The summed E-state index contributed by atoms with van der Waals surface area (Å²) in [5.41, 5.74) is 2.47. The molecule has 0 aromatic heterocycles. The van der Waals surface area contributed by atoms with Crippen molar-refractivity contribution in [3.63, 3.8) is 0 Å². The fourth-order valence-corrected chi connectivity index (χ4v) is 2.55. The predicted octanol–water partition coefficient (Wildman–Crippen LogP) is 3.07. The number of hydrogen-bond donors (Lipinski definition) is 1. The zero-order valence-electron chi connectivity index (χ0n) is 14.1. The van der Waals surface area contributed by atoms with Gasteiger partial charge in [-0.05, 0) is 55.0 Å². The summed E-state index contributed by atoms with van der Waals surface area (Å²) < 4.78 is 23.7. The number of hydrogen-bond acceptors (Lipinski definition) is 4. The van der Waals surface area contributed by atoms with Gasteiger partial charge >= 0.3 is 0 Å². The normalized spacial score (nSPS) is 15.1. The molecule has 2 aromatic rings. The Balaban J connectivity index is 2.01. The SMILES string of the molecule is COc1cc(/C=C2/N=C(c3ccc(F)cc3)NC2=O)c(OC)cc1C. The van der Waals surface area contributed by atoms with E-state index < -0.39 is 0 Å². The molecular formula is C19H17FN2O3. The zero-order valence-corrected chi connectivity index (χ0v) is 14.1. The number of carbonyl (C=O) groups is 1. The number of aryl methyl sites for hydroxylation is 1. The molecule has 0 spiro atoms. The van der Waals surface area contributed by atoms with Crippen molar-refractivity contribution >= 4 is 17.8 Å². The fourth-order valence-electron chi connectivity index (χ4n) is 2.55. The molecule has 0 saturated carbocycles. The number of rotatable bonds is 4. The van der Waals surface area contributed by atoms with Crippen LogP contribution in [0.2, 0.25) is 0 Å². The van der Waals surface area contributed by atoms with Gasteiger partial charge < -0.3 is 14.8 Å². The van der Waals surface area contributed by atoms with Crippen molar-refractivity contribution in [3.8, 4) is 11.5 Å². The van der Waals surface area contributed by atoms with Crippen LogP contribution in [0.3, 0.4) is 0 Å². The van der Waals surface area contributed by atoms with Gasteiger partial charge in [0, 0.05) is 11.1 Å². The van der Waals surface area contributed by atoms with Crippen LogP contribution >= 0.6 is 0 Å². The summed E-state index contributed by atoms with van der Waals surface area (Å²) in [4.78, 5) is 16.5. The summed E-state index contributed by atoms with van der Waals surface area (Å²) in [6.45, 7) is 1.91. The molecule has 0 saturated heterocycles. The number of nitrogens with one attached hydrogen (secondary N) is 1. The Labute approximate surface area is 144 Å². The monoisotopic (exact) mass is 340 g/mol. The van der Waals surface area contributed by atoms with E-state index >= 15 is 0 Å². The van der Waals surface area contributed by atoms with Crippen LogP contribution in [-0.2, 0) is 4.79 Å². The summed E-state index contributed by atoms with van der Waals surface area (Å²) in [7, 11) is 3.14. The van der Waals surface area contributed by atoms with Crippen molar-refractivity contribution in [2.75, 3.05) is 14.2 Å². The second-order valence-electron chi connectivity index (χ2n) is 5.51. The van der Waals surface area contributed by atoms with E-state index in [4.69, 9.17) is 9.47 Å². The van der Waals surface area contributed by atoms with Crippen molar-refractivity contribution in [2.24, 2.45) is 4.99 Å². The average molecular weight is 340 g/mol. The van der Waals surface area contributed by atoms with Gasteiger partial charge in [-0.2, -0.15) is 0 Å². The van der Waals surface area contributed by atoms with E-state index in [0.717, 1.165) is 5.56 Å². The molecule has 0 fully saturated rings. The van der Waals surface area contributed by atoms with Gasteiger partial charge in [-0.15, -0.1) is 0 Å². The number of amidine groups is 1. The van der Waals surface area contributed by atoms with Gasteiger partial charge in [-0.25, -0.2) is 9.38 Å². The first kappa shape index (κ1) is 16.7. The van der Waals surface area contributed by atoms with Crippen LogP contribution < -0.4 is 14.8 Å². The molecule has 0 aliphatic carbocycles. The van der Waals surface area contributed by atoms with E-state index in [1.54, 1.807) is 38.5 Å². The molecule has 1 heterocycles. The first-order valence-corrected chi connectivity index (χ1v) is 7.62. The summed E-state index contributed by atoms with van der Waals surface area (Å²) in [6.07, 6.45) is 1.63. The van der Waals surface area contributed by atoms with Crippen molar-refractivity contribution in [2.45, 2.75) is 6.92 Å². The standard InChI is InChI=1S/C19H17FN2O3/c1-11-8-17(25-3)13(10-16(11)24-2)9-15-19(23)22-18(21-15)12-4-6-14(20)7-5-12/h4-10H,1-3H3,(H,21,22,23)/b15-9+. The molecule has 0 atom stereocenters. The van der Waals surface area contributed by atoms with Gasteiger partial charge in [-0.1, -0.05) is 0 Å². The Hall–Kier alpha value is -3.15. The molecule has 0 bridgehead atoms. The van der Waals surface area contributed by atoms with Gasteiger partial charge in [0.1, 0.15) is 28.8 Å². The minimum Gasteiger partial charge on any atom is -0.496 e. The topological polar surface area (TPSA) is 59.9 Å². The average Bonchev–Trinajstić information content (AvgIpc) is 2.97. The first-order valence-electron chi connectivity index (χ1n) is 7.62. The predicted molar refractivity (Wildman–Crippen MR) is 93.3 cm³/mol. The van der Waals surface area contributed by atoms with Crippen LogP contribution in [0.25, 0.3) is 6.08 Å². The smallest absolute Gasteiger partial charge is 0.275 e. The lowest BCUT2D eigenvalue weighted by Crippen LogP contribution is -2.24.